The van der Waals surface area contributed by atoms with Gasteiger partial charge in [-0.1, -0.05) is 25.6 Å². The number of rotatable bonds is 5. The smallest absolute Gasteiger partial charge is 0.434 e. The topological polar surface area (TPSA) is 67.3 Å². The number of aromatic nitrogens is 1. The molecule has 1 aromatic rings. The van der Waals surface area contributed by atoms with Crippen molar-refractivity contribution in [1.82, 2.24) is 4.98 Å². The van der Waals surface area contributed by atoms with Crippen molar-refractivity contribution in [2.75, 3.05) is 6.26 Å². The Balaban J connectivity index is 4.02. The third-order valence-corrected chi connectivity index (χ3v) is 3.59. The molecule has 0 unspecified atom stereocenters. The van der Waals surface area contributed by atoms with Gasteiger partial charge in [-0.15, -0.1) is 0 Å². The summed E-state index contributed by atoms with van der Waals surface area (Å²) < 4.78 is 65.8. The molecule has 0 atom stereocenters. The van der Waals surface area contributed by atoms with Crippen LogP contribution < -0.4 is 0 Å². The van der Waals surface area contributed by atoms with Gasteiger partial charge < -0.3 is 5.11 Å². The van der Waals surface area contributed by atoms with E-state index in [0.29, 0.717) is 11.8 Å². The van der Waals surface area contributed by atoms with Crippen LogP contribution in [0.1, 0.15) is 57.9 Å². The summed E-state index contributed by atoms with van der Waals surface area (Å²) in [5, 5.41) is 8.23. The Labute approximate surface area is 138 Å². The van der Waals surface area contributed by atoms with Gasteiger partial charge in [0.1, 0.15) is 5.69 Å². The second kappa shape index (κ2) is 7.45. The van der Waals surface area contributed by atoms with E-state index in [2.05, 4.69) is 4.98 Å². The van der Waals surface area contributed by atoms with Gasteiger partial charge in [0.05, 0.1) is 11.1 Å². The molecule has 4 nitrogen and oxygen atoms in total. The second-order valence-electron chi connectivity index (χ2n) is 5.27. The van der Waals surface area contributed by atoms with Gasteiger partial charge in [-0.2, -0.15) is 13.2 Å². The molecule has 1 N–H and O–H groups in total. The Morgan fingerprint density at radius 3 is 2.08 bits per heavy atom. The molecule has 1 heterocycles. The van der Waals surface area contributed by atoms with Gasteiger partial charge in [-0.3, -0.25) is 4.79 Å². The highest BCUT2D eigenvalue weighted by molar-refractivity contribution is 8.13. The summed E-state index contributed by atoms with van der Waals surface area (Å²) in [6, 6.07) is 0. The van der Waals surface area contributed by atoms with E-state index in [1.807, 2.05) is 0 Å². The first-order valence-corrected chi connectivity index (χ1v) is 7.87. The number of carboxylic acid groups (broad SMARTS) is 1. The van der Waals surface area contributed by atoms with Crippen LogP contribution in [0.25, 0.3) is 0 Å². The summed E-state index contributed by atoms with van der Waals surface area (Å²) in [5.74, 6) is -2.34. The van der Waals surface area contributed by atoms with Crippen LogP contribution in [0.4, 0.5) is 22.0 Å². The first-order chi connectivity index (χ1) is 10.9. The van der Waals surface area contributed by atoms with Crippen molar-refractivity contribution >= 4 is 22.8 Å². The van der Waals surface area contributed by atoms with Crippen molar-refractivity contribution < 1.29 is 36.6 Å². The molecule has 0 bridgehead atoms. The predicted molar refractivity (Wildman–Crippen MR) is 77.5 cm³/mol. The Morgan fingerprint density at radius 1 is 1.21 bits per heavy atom. The number of pyridine rings is 1. The first-order valence-electron chi connectivity index (χ1n) is 6.65. The minimum atomic E-state index is -5.25. The molecule has 0 fully saturated rings. The maximum atomic E-state index is 13.2. The lowest BCUT2D eigenvalue weighted by molar-refractivity contribution is -0.142. The van der Waals surface area contributed by atoms with Crippen LogP contribution in [0.5, 0.6) is 0 Å². The molecule has 10 heteroatoms. The Kier molecular flexibility index (Phi) is 6.32. The zero-order valence-corrected chi connectivity index (χ0v) is 13.7. The average Bonchev–Trinajstić information content (AvgIpc) is 2.43. The van der Waals surface area contributed by atoms with Gasteiger partial charge in [-0.05, 0) is 24.2 Å². The van der Waals surface area contributed by atoms with Crippen LogP contribution in [0, 0.1) is 5.92 Å². The minimum Gasteiger partial charge on any atom is -0.478 e. The molecular weight excluding hydrogens is 357 g/mol. The van der Waals surface area contributed by atoms with E-state index < -0.39 is 51.8 Å². The Bertz CT molecular complexity index is 659. The summed E-state index contributed by atoms with van der Waals surface area (Å²) in [6.07, 6.45) is -7.72. The van der Waals surface area contributed by atoms with E-state index >= 15 is 0 Å². The number of carbonyl (C=O) groups excluding carboxylic acids is 1. The van der Waals surface area contributed by atoms with E-state index in [-0.39, 0.29) is 12.3 Å². The van der Waals surface area contributed by atoms with E-state index in [1.54, 1.807) is 13.8 Å². The number of halogens is 5. The van der Waals surface area contributed by atoms with Gasteiger partial charge in [0, 0.05) is 0 Å². The number of aromatic carboxylic acids is 1. The van der Waals surface area contributed by atoms with Crippen LogP contribution in [0.2, 0.25) is 0 Å². The number of hydrogen-bond acceptors (Lipinski definition) is 4. The lowest BCUT2D eigenvalue weighted by atomic mass is 9.91. The lowest BCUT2D eigenvalue weighted by Gasteiger charge is -2.20. The zero-order valence-electron chi connectivity index (χ0n) is 12.9. The maximum Gasteiger partial charge on any atom is 0.434 e. The summed E-state index contributed by atoms with van der Waals surface area (Å²) in [6.45, 7) is 3.13. The van der Waals surface area contributed by atoms with Crippen LogP contribution in [0.3, 0.4) is 0 Å². The molecule has 0 aliphatic heterocycles. The molecule has 1 aromatic heterocycles. The van der Waals surface area contributed by atoms with Gasteiger partial charge >= 0.3 is 12.1 Å². The fourth-order valence-corrected chi connectivity index (χ4v) is 2.62. The summed E-state index contributed by atoms with van der Waals surface area (Å²) >= 11 is 0.498. The van der Waals surface area contributed by atoms with E-state index in [4.69, 9.17) is 0 Å². The van der Waals surface area contributed by atoms with Crippen molar-refractivity contribution in [3.63, 3.8) is 0 Å². The van der Waals surface area contributed by atoms with Crippen molar-refractivity contribution in [2.45, 2.75) is 32.9 Å². The fourth-order valence-electron chi connectivity index (χ4n) is 2.19. The van der Waals surface area contributed by atoms with Crippen LogP contribution in [-0.2, 0) is 12.6 Å². The number of carboxylic acids is 1. The number of thioether (sulfide) groups is 1. The molecule has 0 radical (unpaired) electrons. The Morgan fingerprint density at radius 2 is 1.75 bits per heavy atom. The Hall–Kier alpha value is -1.71. The molecule has 0 amide bonds. The molecule has 24 heavy (non-hydrogen) atoms. The van der Waals surface area contributed by atoms with Gasteiger partial charge in [0.25, 0.3) is 6.43 Å². The third-order valence-electron chi connectivity index (χ3n) is 3.02. The highest BCUT2D eigenvalue weighted by Crippen LogP contribution is 2.38. The maximum absolute atomic E-state index is 13.2. The zero-order chi connectivity index (χ0) is 18.8. The highest BCUT2D eigenvalue weighted by Gasteiger charge is 2.42. The van der Waals surface area contributed by atoms with Crippen molar-refractivity contribution in [1.29, 1.82) is 0 Å². The molecular formula is C14H14F5NO3S. The molecule has 0 aromatic carbocycles. The standard InChI is InChI=1S/C14H14F5NO3S/c1-5(2)4-6-7(13(23)24-3)9(11(15)16)20-10(14(17,18)19)8(6)12(21)22/h5,11H,4H2,1-3H3,(H,21,22). The highest BCUT2D eigenvalue weighted by atomic mass is 32.2. The van der Waals surface area contributed by atoms with E-state index in [0.717, 1.165) is 0 Å². The first kappa shape index (κ1) is 20.3. The number of carbonyl (C=O) groups is 2. The van der Waals surface area contributed by atoms with Gasteiger partial charge in [0.2, 0.25) is 5.12 Å². The van der Waals surface area contributed by atoms with Crippen molar-refractivity contribution in [2.24, 2.45) is 5.92 Å². The van der Waals surface area contributed by atoms with E-state index in [9.17, 15) is 36.6 Å². The van der Waals surface area contributed by atoms with E-state index in [1.165, 1.54) is 6.26 Å². The van der Waals surface area contributed by atoms with Gasteiger partial charge in [0.15, 0.2) is 5.69 Å². The largest absolute Gasteiger partial charge is 0.478 e. The van der Waals surface area contributed by atoms with Gasteiger partial charge in [-0.25, -0.2) is 18.6 Å². The third kappa shape index (κ3) is 4.22. The predicted octanol–water partition coefficient (Wildman–Crippen LogP) is 4.44. The fraction of sp³-hybridized carbons (Fsp3) is 0.500. The minimum absolute atomic E-state index is 0.283. The molecule has 1 rings (SSSR count). The van der Waals surface area contributed by atoms with Crippen LogP contribution in [-0.4, -0.2) is 27.4 Å². The molecule has 0 saturated carbocycles. The molecule has 0 aliphatic rings. The SMILES string of the molecule is CSC(=O)c1c(C(F)F)nc(C(F)(F)F)c(C(=O)O)c1CC(C)C. The number of hydrogen-bond donors (Lipinski definition) is 1. The second-order valence-corrected chi connectivity index (χ2v) is 6.05. The number of alkyl halides is 5. The molecule has 134 valence electrons. The normalized spacial score (nSPS) is 12.1. The molecule has 0 saturated heterocycles. The summed E-state index contributed by atoms with van der Waals surface area (Å²) in [7, 11) is 0. The van der Waals surface area contributed by atoms with Crippen molar-refractivity contribution in [3.8, 4) is 0 Å². The average molecular weight is 371 g/mol. The molecule has 0 spiro atoms. The van der Waals surface area contributed by atoms with Crippen LogP contribution >= 0.6 is 11.8 Å². The summed E-state index contributed by atoms with van der Waals surface area (Å²) in [4.78, 5) is 26.2. The molecule has 0 aliphatic carbocycles. The number of nitrogens with zero attached hydrogens (tertiary/aromatic N) is 1. The quantitative estimate of drug-likeness (QED) is 0.775. The lowest BCUT2D eigenvalue weighted by Crippen LogP contribution is -2.23. The monoisotopic (exact) mass is 371 g/mol. The van der Waals surface area contributed by atoms with Crippen molar-refractivity contribution in [3.05, 3.63) is 28.1 Å². The summed E-state index contributed by atoms with van der Waals surface area (Å²) in [5.41, 5.74) is -5.83. The van der Waals surface area contributed by atoms with Crippen LogP contribution in [0.15, 0.2) is 0 Å².